The molecule has 1 radical (unpaired) electrons. The molecular weight excluding hydrogens is 298 g/mol. The normalized spacial score (nSPS) is 12.5. The Morgan fingerprint density at radius 1 is 1.43 bits per heavy atom. The Hall–Kier alpha value is -0.766. The topological polar surface area (TPSA) is 66.7 Å². The van der Waals surface area contributed by atoms with Crippen molar-refractivity contribution in [2.45, 2.75) is 45.1 Å². The number of ether oxygens (including phenoxy) is 2. The van der Waals surface area contributed by atoms with Crippen LogP contribution in [-0.4, -0.2) is 56.4 Å². The Morgan fingerprint density at radius 2 is 2.10 bits per heavy atom. The summed E-state index contributed by atoms with van der Waals surface area (Å²) in [4.78, 5) is 3.96. The molecule has 0 saturated carbocycles. The van der Waals surface area contributed by atoms with Crippen LogP contribution in [0.3, 0.4) is 0 Å². The summed E-state index contributed by atoms with van der Waals surface area (Å²) in [5, 5.41) is 7.53. The molecular formula is C14H30N3O2Si2. The van der Waals surface area contributed by atoms with Gasteiger partial charge in [0.15, 0.2) is 0 Å². The van der Waals surface area contributed by atoms with Crippen LogP contribution in [-0.2, 0) is 9.47 Å². The van der Waals surface area contributed by atoms with Crippen molar-refractivity contribution in [2.75, 3.05) is 19.8 Å². The predicted octanol–water partition coefficient (Wildman–Crippen LogP) is 2.23. The van der Waals surface area contributed by atoms with Gasteiger partial charge >= 0.3 is 0 Å². The summed E-state index contributed by atoms with van der Waals surface area (Å²) in [5.41, 5.74) is 0.609. The Balaban J connectivity index is 3.70. The van der Waals surface area contributed by atoms with Crippen molar-refractivity contribution in [3.05, 3.63) is 12.2 Å². The summed E-state index contributed by atoms with van der Waals surface area (Å²) in [7, 11) is -1.04. The minimum Gasteiger partial charge on any atom is -0.476 e. The van der Waals surface area contributed by atoms with Crippen molar-refractivity contribution in [3.63, 3.8) is 0 Å². The van der Waals surface area contributed by atoms with E-state index < -0.39 is 17.9 Å². The molecule has 0 spiro atoms. The summed E-state index contributed by atoms with van der Waals surface area (Å²) in [6.07, 6.45) is 1.07. The molecule has 0 fully saturated rings. The first kappa shape index (κ1) is 20.2. The molecule has 0 amide bonds. The monoisotopic (exact) mass is 328 g/mol. The largest absolute Gasteiger partial charge is 0.476 e. The molecule has 0 aromatic carbocycles. The van der Waals surface area contributed by atoms with E-state index in [0.29, 0.717) is 18.8 Å². The van der Waals surface area contributed by atoms with E-state index >= 15 is 0 Å². The third-order valence-electron chi connectivity index (χ3n) is 2.75. The van der Waals surface area contributed by atoms with Crippen LogP contribution in [0.1, 0.15) is 13.3 Å². The van der Waals surface area contributed by atoms with Gasteiger partial charge in [-0.05, 0) is 26.1 Å². The van der Waals surface area contributed by atoms with Crippen LogP contribution in [0, 0.1) is 5.41 Å². The summed E-state index contributed by atoms with van der Waals surface area (Å²) < 4.78 is 14.6. The van der Waals surface area contributed by atoms with Crippen molar-refractivity contribution in [1.82, 2.24) is 4.65 Å². The van der Waals surface area contributed by atoms with Gasteiger partial charge in [0, 0.05) is 12.2 Å². The van der Waals surface area contributed by atoms with Gasteiger partial charge in [-0.3, -0.25) is 10.4 Å². The zero-order valence-corrected chi connectivity index (χ0v) is 16.0. The summed E-state index contributed by atoms with van der Waals surface area (Å²) in [5.74, 6) is 0.103. The van der Waals surface area contributed by atoms with E-state index in [1.807, 2.05) is 0 Å². The quantitative estimate of drug-likeness (QED) is 0.250. The van der Waals surface area contributed by atoms with E-state index in [9.17, 15) is 0 Å². The highest BCUT2D eigenvalue weighted by Gasteiger charge is 2.10. The molecule has 0 aliphatic carbocycles. The van der Waals surface area contributed by atoms with Gasteiger partial charge in [-0.15, -0.1) is 0 Å². The van der Waals surface area contributed by atoms with Crippen LogP contribution in [0.5, 0.6) is 0 Å². The fraction of sp³-hybridized carbons (Fsp3) is 0.714. The number of hydrogen-bond donors (Lipinski definition) is 2. The van der Waals surface area contributed by atoms with Gasteiger partial charge in [-0.2, -0.15) is 0 Å². The molecule has 121 valence electrons. The molecule has 0 aliphatic heterocycles. The second kappa shape index (κ2) is 11.8. The van der Waals surface area contributed by atoms with Crippen LogP contribution < -0.4 is 4.65 Å². The maximum Gasteiger partial charge on any atom is 0.208 e. The van der Waals surface area contributed by atoms with Gasteiger partial charge in [0.05, 0.1) is 15.6 Å². The third-order valence-corrected chi connectivity index (χ3v) is 8.14. The van der Waals surface area contributed by atoms with Crippen molar-refractivity contribution in [2.24, 2.45) is 4.99 Å². The van der Waals surface area contributed by atoms with Crippen LogP contribution in [0.2, 0.25) is 25.7 Å². The maximum atomic E-state index is 7.53. The Labute approximate surface area is 132 Å². The molecule has 0 aliphatic rings. The Kier molecular flexibility index (Phi) is 11.4. The molecule has 0 rings (SSSR count). The van der Waals surface area contributed by atoms with E-state index in [2.05, 4.69) is 42.6 Å². The third kappa shape index (κ3) is 11.6. The molecule has 0 saturated heterocycles. The van der Waals surface area contributed by atoms with Gasteiger partial charge < -0.3 is 14.1 Å². The molecule has 5 nitrogen and oxygen atoms in total. The SMILES string of the molecule is C=NC(COCCC[Si](C)N[SiH](C)C)COC(=N)C(=C)C. The molecule has 1 atom stereocenters. The first-order valence-corrected chi connectivity index (χ1v) is 12.5. The van der Waals surface area contributed by atoms with Crippen LogP contribution in [0.25, 0.3) is 0 Å². The first-order chi connectivity index (χ1) is 9.86. The van der Waals surface area contributed by atoms with E-state index in [1.54, 1.807) is 6.92 Å². The zero-order valence-electron chi connectivity index (χ0n) is 13.9. The summed E-state index contributed by atoms with van der Waals surface area (Å²) >= 11 is 0. The lowest BCUT2D eigenvalue weighted by atomic mass is 10.3. The highest BCUT2D eigenvalue weighted by molar-refractivity contribution is 6.71. The standard InChI is InChI=1S/C14H30N3O2Si2/c1-12(2)14(15)19-11-13(16-3)10-18-8-7-9-21(6)17-20(4)5/h13,15,17,20H,1,3,7-11H2,2,4-6H3. The smallest absolute Gasteiger partial charge is 0.208 e. The average molecular weight is 329 g/mol. The average Bonchev–Trinajstić information content (AvgIpc) is 2.40. The van der Waals surface area contributed by atoms with E-state index in [1.165, 1.54) is 6.04 Å². The molecule has 0 heterocycles. The van der Waals surface area contributed by atoms with Crippen molar-refractivity contribution in [1.29, 1.82) is 5.41 Å². The van der Waals surface area contributed by atoms with Gasteiger partial charge in [0.2, 0.25) is 5.90 Å². The molecule has 2 N–H and O–H groups in total. The Bertz CT molecular complexity index is 338. The van der Waals surface area contributed by atoms with Gasteiger partial charge in [0.25, 0.3) is 0 Å². The minimum atomic E-state index is -0.649. The second-order valence-electron chi connectivity index (χ2n) is 5.51. The van der Waals surface area contributed by atoms with Crippen molar-refractivity contribution < 1.29 is 9.47 Å². The summed E-state index contributed by atoms with van der Waals surface area (Å²) in [6, 6.07) is 1.09. The molecule has 1 unspecified atom stereocenters. The lowest BCUT2D eigenvalue weighted by Gasteiger charge is -2.16. The fourth-order valence-electron chi connectivity index (χ4n) is 1.68. The predicted molar refractivity (Wildman–Crippen MR) is 95.7 cm³/mol. The Morgan fingerprint density at radius 3 is 2.62 bits per heavy atom. The molecule has 0 aromatic rings. The van der Waals surface area contributed by atoms with Crippen LogP contribution in [0.4, 0.5) is 0 Å². The van der Waals surface area contributed by atoms with Crippen LogP contribution in [0.15, 0.2) is 17.1 Å². The van der Waals surface area contributed by atoms with Crippen LogP contribution >= 0.6 is 0 Å². The number of aliphatic imine (C=N–C) groups is 1. The number of rotatable bonds is 12. The highest BCUT2D eigenvalue weighted by atomic mass is 28.3. The molecule has 7 heteroatoms. The van der Waals surface area contributed by atoms with E-state index in [4.69, 9.17) is 14.9 Å². The van der Waals surface area contributed by atoms with E-state index in [-0.39, 0.29) is 11.9 Å². The van der Waals surface area contributed by atoms with Crippen molar-refractivity contribution >= 4 is 30.5 Å². The fourth-order valence-corrected chi connectivity index (χ4v) is 6.87. The zero-order chi connectivity index (χ0) is 16.3. The molecule has 0 bridgehead atoms. The van der Waals surface area contributed by atoms with Gasteiger partial charge in [-0.25, -0.2) is 0 Å². The van der Waals surface area contributed by atoms with Crippen molar-refractivity contribution in [3.8, 4) is 0 Å². The number of nitrogens with one attached hydrogen (secondary N) is 2. The van der Waals surface area contributed by atoms with E-state index in [0.717, 1.165) is 13.0 Å². The molecule has 0 aromatic heterocycles. The number of hydrogen-bond acceptors (Lipinski definition) is 5. The van der Waals surface area contributed by atoms with Gasteiger partial charge in [0.1, 0.15) is 21.6 Å². The lowest BCUT2D eigenvalue weighted by Crippen LogP contribution is -2.39. The summed E-state index contributed by atoms with van der Waals surface area (Å²) in [6.45, 7) is 17.4. The number of nitrogens with zero attached hydrogens (tertiary/aromatic N) is 1. The maximum absolute atomic E-state index is 7.53. The highest BCUT2D eigenvalue weighted by Crippen LogP contribution is 2.01. The lowest BCUT2D eigenvalue weighted by molar-refractivity contribution is 0.104. The minimum absolute atomic E-state index is 0.103. The second-order valence-corrected chi connectivity index (χ2v) is 11.0. The first-order valence-electron chi connectivity index (χ1n) is 7.36. The molecule has 21 heavy (non-hydrogen) atoms. The van der Waals surface area contributed by atoms with Gasteiger partial charge in [-0.1, -0.05) is 26.2 Å².